The maximum absolute atomic E-state index is 11.5. The summed E-state index contributed by atoms with van der Waals surface area (Å²) in [6.07, 6.45) is 2.76. The first kappa shape index (κ1) is 12.9. The third-order valence-corrected chi connectivity index (χ3v) is 5.46. The van der Waals surface area contributed by atoms with Gasteiger partial charge >= 0.3 is 5.97 Å². The third-order valence-electron chi connectivity index (χ3n) is 3.54. The predicted octanol–water partition coefficient (Wildman–Crippen LogP) is 2.86. The zero-order valence-corrected chi connectivity index (χ0v) is 12.4. The van der Waals surface area contributed by atoms with Crippen molar-refractivity contribution in [3.8, 4) is 0 Å². The van der Waals surface area contributed by atoms with E-state index in [0.29, 0.717) is 11.3 Å². The Bertz CT molecular complexity index is 694. The van der Waals surface area contributed by atoms with Gasteiger partial charge in [0, 0.05) is 38.4 Å². The number of halogens is 1. The van der Waals surface area contributed by atoms with Crippen molar-refractivity contribution in [1.29, 1.82) is 0 Å². The van der Waals surface area contributed by atoms with Gasteiger partial charge in [-0.1, -0.05) is 15.9 Å². The number of hydrogen-bond acceptors (Lipinski definition) is 2. The van der Waals surface area contributed by atoms with Crippen LogP contribution in [0.25, 0.3) is 10.9 Å². The molecule has 6 heteroatoms. The molecule has 2 atom stereocenters. The number of nitrogens with one attached hydrogen (secondary N) is 1. The average Bonchev–Trinajstić information content (AvgIpc) is 2.93. The predicted molar refractivity (Wildman–Crippen MR) is 78.2 cm³/mol. The molecule has 1 aromatic heterocycles. The first-order valence-electron chi connectivity index (χ1n) is 5.95. The number of H-pyrrole nitrogens is 1. The van der Waals surface area contributed by atoms with E-state index in [2.05, 4.69) is 20.9 Å². The van der Waals surface area contributed by atoms with E-state index in [1.807, 2.05) is 12.3 Å². The van der Waals surface area contributed by atoms with E-state index in [0.717, 1.165) is 27.6 Å². The topological polar surface area (TPSA) is 70.2 Å². The van der Waals surface area contributed by atoms with Gasteiger partial charge in [-0.25, -0.2) is 4.79 Å². The van der Waals surface area contributed by atoms with E-state index in [4.69, 9.17) is 0 Å². The van der Waals surface area contributed by atoms with Crippen LogP contribution in [-0.2, 0) is 10.8 Å². The number of carboxylic acid groups (broad SMARTS) is 1. The summed E-state index contributed by atoms with van der Waals surface area (Å²) in [7, 11) is -0.742. The fourth-order valence-electron chi connectivity index (χ4n) is 2.63. The molecule has 19 heavy (non-hydrogen) atoms. The Hall–Kier alpha value is -1.14. The molecular weight excluding hydrogens is 330 g/mol. The number of carboxylic acids is 1. The SMILES string of the molecule is O=C(O)c1cc(Br)cc2c(C3CCS(=O)C3)c[nH]c12. The van der Waals surface area contributed by atoms with Crippen LogP contribution in [-0.4, -0.2) is 31.8 Å². The lowest BCUT2D eigenvalue weighted by molar-refractivity contribution is 0.0699. The van der Waals surface area contributed by atoms with Crippen molar-refractivity contribution in [3.05, 3.63) is 33.9 Å². The van der Waals surface area contributed by atoms with Crippen LogP contribution < -0.4 is 0 Å². The molecule has 2 heterocycles. The molecule has 2 N–H and O–H groups in total. The van der Waals surface area contributed by atoms with Gasteiger partial charge in [0.05, 0.1) is 11.1 Å². The van der Waals surface area contributed by atoms with Crippen LogP contribution >= 0.6 is 15.9 Å². The molecule has 0 saturated carbocycles. The van der Waals surface area contributed by atoms with Gasteiger partial charge < -0.3 is 10.1 Å². The highest BCUT2D eigenvalue weighted by molar-refractivity contribution is 9.10. The fraction of sp³-hybridized carbons (Fsp3) is 0.308. The van der Waals surface area contributed by atoms with Crippen LogP contribution in [0.5, 0.6) is 0 Å². The Balaban J connectivity index is 2.17. The molecule has 0 aliphatic carbocycles. The molecule has 3 rings (SSSR count). The van der Waals surface area contributed by atoms with E-state index in [1.54, 1.807) is 6.07 Å². The summed E-state index contributed by atoms with van der Waals surface area (Å²) in [5.41, 5.74) is 1.97. The molecule has 1 saturated heterocycles. The minimum atomic E-state index is -0.949. The highest BCUT2D eigenvalue weighted by Crippen LogP contribution is 2.35. The summed E-state index contributed by atoms with van der Waals surface area (Å²) in [4.78, 5) is 14.3. The standard InChI is InChI=1S/C13H12BrNO3S/c14-8-3-9-11(7-1-2-19(18)6-7)5-15-12(9)10(4-8)13(16)17/h3-5,7,15H,1-2,6H2,(H,16,17). The van der Waals surface area contributed by atoms with Gasteiger partial charge in [-0.05, 0) is 30.0 Å². The van der Waals surface area contributed by atoms with E-state index in [1.165, 1.54) is 0 Å². The Morgan fingerprint density at radius 1 is 1.47 bits per heavy atom. The Kier molecular flexibility index (Phi) is 3.22. The molecular formula is C13H12BrNO3S. The minimum Gasteiger partial charge on any atom is -0.478 e. The Labute approximate surface area is 120 Å². The molecule has 0 radical (unpaired) electrons. The lowest BCUT2D eigenvalue weighted by Gasteiger charge is -2.07. The summed E-state index contributed by atoms with van der Waals surface area (Å²) in [5, 5.41) is 10.1. The normalized spacial score (nSPS) is 23.0. The number of aromatic carboxylic acids is 1. The van der Waals surface area contributed by atoms with Gasteiger partial charge in [-0.3, -0.25) is 4.21 Å². The molecule has 100 valence electrons. The molecule has 1 aromatic carbocycles. The van der Waals surface area contributed by atoms with Crippen molar-refractivity contribution in [2.24, 2.45) is 0 Å². The molecule has 4 nitrogen and oxygen atoms in total. The number of fused-ring (bicyclic) bond motifs is 1. The third kappa shape index (κ3) is 2.23. The quantitative estimate of drug-likeness (QED) is 0.882. The van der Waals surface area contributed by atoms with Crippen molar-refractivity contribution in [2.75, 3.05) is 11.5 Å². The van der Waals surface area contributed by atoms with Crippen molar-refractivity contribution < 1.29 is 14.1 Å². The molecule has 2 aromatic rings. The summed E-state index contributed by atoms with van der Waals surface area (Å²) in [5.74, 6) is 0.708. The first-order chi connectivity index (χ1) is 9.06. The highest BCUT2D eigenvalue weighted by atomic mass is 79.9. The minimum absolute atomic E-state index is 0.255. The van der Waals surface area contributed by atoms with E-state index < -0.39 is 16.8 Å². The van der Waals surface area contributed by atoms with E-state index in [-0.39, 0.29) is 11.5 Å². The van der Waals surface area contributed by atoms with Crippen molar-refractivity contribution in [1.82, 2.24) is 4.98 Å². The highest BCUT2D eigenvalue weighted by Gasteiger charge is 2.26. The van der Waals surface area contributed by atoms with Gasteiger partial charge in [0.25, 0.3) is 0 Å². The van der Waals surface area contributed by atoms with Gasteiger partial charge in [0.1, 0.15) is 0 Å². The van der Waals surface area contributed by atoms with Gasteiger partial charge in [0.2, 0.25) is 0 Å². The maximum atomic E-state index is 11.5. The van der Waals surface area contributed by atoms with Gasteiger partial charge in [-0.15, -0.1) is 0 Å². The lowest BCUT2D eigenvalue weighted by atomic mass is 9.97. The number of aromatic amines is 1. The zero-order valence-electron chi connectivity index (χ0n) is 9.98. The second kappa shape index (κ2) is 4.76. The molecule has 1 aliphatic rings. The van der Waals surface area contributed by atoms with E-state index >= 15 is 0 Å². The van der Waals surface area contributed by atoms with Crippen molar-refractivity contribution >= 4 is 43.6 Å². The maximum Gasteiger partial charge on any atom is 0.337 e. The largest absolute Gasteiger partial charge is 0.478 e. The lowest BCUT2D eigenvalue weighted by Crippen LogP contribution is -1.99. The van der Waals surface area contributed by atoms with Gasteiger partial charge in [-0.2, -0.15) is 0 Å². The number of carbonyl (C=O) groups is 1. The smallest absolute Gasteiger partial charge is 0.337 e. The van der Waals surface area contributed by atoms with Crippen molar-refractivity contribution in [2.45, 2.75) is 12.3 Å². The number of benzene rings is 1. The molecule has 1 fully saturated rings. The fourth-order valence-corrected chi connectivity index (χ4v) is 4.60. The average molecular weight is 342 g/mol. The Morgan fingerprint density at radius 3 is 2.89 bits per heavy atom. The van der Waals surface area contributed by atoms with Crippen LogP contribution in [0.2, 0.25) is 0 Å². The first-order valence-corrected chi connectivity index (χ1v) is 8.23. The van der Waals surface area contributed by atoms with Crippen LogP contribution in [0.3, 0.4) is 0 Å². The number of hydrogen-bond donors (Lipinski definition) is 2. The van der Waals surface area contributed by atoms with Crippen LogP contribution in [0, 0.1) is 0 Å². The summed E-state index contributed by atoms with van der Waals surface area (Å²) < 4.78 is 12.3. The zero-order chi connectivity index (χ0) is 13.6. The van der Waals surface area contributed by atoms with Crippen LogP contribution in [0.1, 0.15) is 28.3 Å². The van der Waals surface area contributed by atoms with Crippen molar-refractivity contribution in [3.63, 3.8) is 0 Å². The Morgan fingerprint density at radius 2 is 2.26 bits per heavy atom. The van der Waals surface area contributed by atoms with Gasteiger partial charge in [0.15, 0.2) is 0 Å². The molecule has 0 bridgehead atoms. The monoisotopic (exact) mass is 341 g/mol. The second-order valence-corrected chi connectivity index (χ2v) is 7.26. The molecule has 0 spiro atoms. The summed E-state index contributed by atoms with van der Waals surface area (Å²) >= 11 is 3.35. The van der Waals surface area contributed by atoms with Crippen LogP contribution in [0.4, 0.5) is 0 Å². The summed E-state index contributed by atoms with van der Waals surface area (Å²) in [6, 6.07) is 3.52. The molecule has 0 amide bonds. The molecule has 1 aliphatic heterocycles. The summed E-state index contributed by atoms with van der Waals surface area (Å²) in [6.45, 7) is 0. The van der Waals surface area contributed by atoms with Crippen LogP contribution in [0.15, 0.2) is 22.8 Å². The second-order valence-electron chi connectivity index (χ2n) is 4.72. The molecule has 2 unspecified atom stereocenters. The number of aromatic nitrogens is 1. The number of rotatable bonds is 2. The van der Waals surface area contributed by atoms with E-state index in [9.17, 15) is 14.1 Å².